The number of hydrogen-bond donors (Lipinski definition) is 0. The fraction of sp³-hybridized carbons (Fsp3) is 0.357. The Morgan fingerprint density at radius 1 is 1.33 bits per heavy atom. The zero-order valence-electron chi connectivity index (χ0n) is 11.1. The van der Waals surface area contributed by atoms with Gasteiger partial charge in [-0.3, -0.25) is 9.36 Å². The maximum Gasteiger partial charge on any atom is 0.419 e. The van der Waals surface area contributed by atoms with E-state index in [-0.39, 0.29) is 19.6 Å². The van der Waals surface area contributed by atoms with Crippen molar-refractivity contribution >= 4 is 23.0 Å². The summed E-state index contributed by atoms with van der Waals surface area (Å²) in [5, 5.41) is 0. The number of ether oxygens (including phenoxy) is 2. The molecule has 0 unspecified atom stereocenters. The molecule has 7 heteroatoms. The van der Waals surface area contributed by atoms with Gasteiger partial charge in [-0.05, 0) is 12.1 Å². The van der Waals surface area contributed by atoms with Crippen molar-refractivity contribution in [2.24, 2.45) is 0 Å². The van der Waals surface area contributed by atoms with Crippen LogP contribution in [0.4, 0.5) is 0 Å². The van der Waals surface area contributed by atoms with Crippen molar-refractivity contribution in [3.8, 4) is 0 Å². The summed E-state index contributed by atoms with van der Waals surface area (Å²) >= 11 is 0. The lowest BCUT2D eigenvalue weighted by Gasteiger charge is -2.08. The third kappa shape index (κ3) is 2.67. The first kappa shape index (κ1) is 13.4. The molecule has 0 bridgehead atoms. The summed E-state index contributed by atoms with van der Waals surface area (Å²) in [6.45, 7) is 0.402. The molecule has 0 radical (unpaired) electrons. The third-order valence-electron chi connectivity index (χ3n) is 3.27. The molecular weight excluding hydrogens is 278 g/mol. The van der Waals surface area contributed by atoms with E-state index in [1.54, 1.807) is 24.3 Å². The zero-order valence-corrected chi connectivity index (χ0v) is 11.1. The van der Waals surface area contributed by atoms with Gasteiger partial charge >= 0.3 is 17.7 Å². The molecule has 2 aromatic rings. The molecule has 0 saturated carbocycles. The highest BCUT2D eigenvalue weighted by molar-refractivity contribution is 5.80. The number of fused-ring (bicyclic) bond motifs is 1. The molecule has 3 rings (SSSR count). The van der Waals surface area contributed by atoms with Crippen molar-refractivity contribution < 1.29 is 23.5 Å². The summed E-state index contributed by atoms with van der Waals surface area (Å²) in [7, 11) is 0. The van der Waals surface area contributed by atoms with Gasteiger partial charge in [0.2, 0.25) is 6.10 Å². The van der Waals surface area contributed by atoms with E-state index < -0.39 is 23.8 Å². The van der Waals surface area contributed by atoms with Crippen LogP contribution in [0.5, 0.6) is 0 Å². The molecule has 1 aliphatic heterocycles. The van der Waals surface area contributed by atoms with Gasteiger partial charge in [0.05, 0.1) is 18.5 Å². The molecule has 110 valence electrons. The molecule has 0 spiro atoms. The molecule has 1 saturated heterocycles. The highest BCUT2D eigenvalue weighted by Crippen LogP contribution is 2.14. The van der Waals surface area contributed by atoms with Gasteiger partial charge in [0.25, 0.3) is 0 Å². The summed E-state index contributed by atoms with van der Waals surface area (Å²) in [5.74, 6) is -1.59. The van der Waals surface area contributed by atoms with Crippen molar-refractivity contribution in [1.29, 1.82) is 0 Å². The summed E-state index contributed by atoms with van der Waals surface area (Å²) in [6.07, 6.45) is -0.470. The van der Waals surface area contributed by atoms with Crippen LogP contribution in [0.15, 0.2) is 33.5 Å². The largest absolute Gasteiger partial charge is 0.463 e. The first-order chi connectivity index (χ1) is 10.1. The summed E-state index contributed by atoms with van der Waals surface area (Å²) in [5.41, 5.74) is 1.09. The molecule has 1 aromatic heterocycles. The van der Waals surface area contributed by atoms with Crippen molar-refractivity contribution in [3.05, 3.63) is 34.8 Å². The van der Waals surface area contributed by atoms with Crippen LogP contribution in [-0.4, -0.2) is 29.2 Å². The van der Waals surface area contributed by atoms with Gasteiger partial charge in [0, 0.05) is 13.0 Å². The van der Waals surface area contributed by atoms with Gasteiger partial charge < -0.3 is 13.9 Å². The molecule has 0 N–H and O–H groups in total. The molecule has 1 aromatic carbocycles. The Kier molecular flexibility index (Phi) is 3.47. The van der Waals surface area contributed by atoms with Crippen molar-refractivity contribution in [2.45, 2.75) is 25.5 Å². The molecule has 1 atom stereocenters. The Morgan fingerprint density at radius 3 is 2.90 bits per heavy atom. The minimum Gasteiger partial charge on any atom is -0.463 e. The Hall–Kier alpha value is -2.57. The fourth-order valence-electron chi connectivity index (χ4n) is 2.23. The van der Waals surface area contributed by atoms with Crippen LogP contribution < -0.4 is 5.76 Å². The van der Waals surface area contributed by atoms with E-state index in [4.69, 9.17) is 13.9 Å². The quantitative estimate of drug-likeness (QED) is 0.776. The number of benzene rings is 1. The van der Waals surface area contributed by atoms with Crippen molar-refractivity contribution in [3.63, 3.8) is 0 Å². The zero-order chi connectivity index (χ0) is 14.8. The first-order valence-electron chi connectivity index (χ1n) is 6.59. The predicted molar refractivity (Wildman–Crippen MR) is 70.5 cm³/mol. The highest BCUT2D eigenvalue weighted by Gasteiger charge is 2.30. The average molecular weight is 291 g/mol. The molecule has 0 amide bonds. The number of aryl methyl sites for hydroxylation is 1. The molecule has 1 fully saturated rings. The first-order valence-corrected chi connectivity index (χ1v) is 6.59. The summed E-state index contributed by atoms with van der Waals surface area (Å²) in [6, 6.07) is 6.95. The molecule has 0 aliphatic carbocycles. The Labute approximate surface area is 119 Å². The third-order valence-corrected chi connectivity index (χ3v) is 3.27. The van der Waals surface area contributed by atoms with E-state index in [1.807, 2.05) is 0 Å². The Bertz CT molecular complexity index is 743. The summed E-state index contributed by atoms with van der Waals surface area (Å²) < 4.78 is 16.1. The monoisotopic (exact) mass is 291 g/mol. The van der Waals surface area contributed by atoms with Crippen LogP contribution in [0.3, 0.4) is 0 Å². The number of para-hydroxylation sites is 2. The van der Waals surface area contributed by atoms with Gasteiger partial charge in [-0.1, -0.05) is 12.1 Å². The maximum absolute atomic E-state index is 11.7. The van der Waals surface area contributed by atoms with E-state index in [0.29, 0.717) is 17.5 Å². The average Bonchev–Trinajstić information content (AvgIpc) is 3.00. The molecule has 21 heavy (non-hydrogen) atoms. The minimum atomic E-state index is -0.824. The number of carbonyl (C=O) groups excluding carboxylic acids is 2. The SMILES string of the molecule is O=C(CCn1c(=O)oc2ccccc21)O[C@H]1CCOC1=O. The van der Waals surface area contributed by atoms with Gasteiger partial charge in [-0.2, -0.15) is 0 Å². The van der Waals surface area contributed by atoms with Crippen LogP contribution in [0.25, 0.3) is 11.1 Å². The minimum absolute atomic E-state index is 0.0206. The van der Waals surface area contributed by atoms with Crippen LogP contribution in [0.1, 0.15) is 12.8 Å². The lowest BCUT2D eigenvalue weighted by atomic mass is 10.3. The van der Waals surface area contributed by atoms with E-state index >= 15 is 0 Å². The van der Waals surface area contributed by atoms with Crippen LogP contribution in [0.2, 0.25) is 0 Å². The van der Waals surface area contributed by atoms with Gasteiger partial charge in [0.1, 0.15) is 0 Å². The predicted octanol–water partition coefficient (Wildman–Crippen LogP) is 0.843. The van der Waals surface area contributed by atoms with Crippen molar-refractivity contribution in [2.75, 3.05) is 6.61 Å². The van der Waals surface area contributed by atoms with E-state index in [9.17, 15) is 14.4 Å². The van der Waals surface area contributed by atoms with Gasteiger partial charge in [-0.25, -0.2) is 9.59 Å². The number of carbonyl (C=O) groups is 2. The van der Waals surface area contributed by atoms with E-state index in [2.05, 4.69) is 0 Å². The maximum atomic E-state index is 11.7. The molecule has 1 aliphatic rings. The number of cyclic esters (lactones) is 1. The topological polar surface area (TPSA) is 87.7 Å². The normalized spacial score (nSPS) is 17.9. The number of aromatic nitrogens is 1. The standard InChI is InChI=1S/C14H13NO6/c16-12(20-11-6-8-19-13(11)17)5-7-15-9-3-1-2-4-10(9)21-14(15)18/h1-4,11H,5-8H2/t11-/m0/s1. The number of hydrogen-bond acceptors (Lipinski definition) is 6. The molecule has 7 nitrogen and oxygen atoms in total. The highest BCUT2D eigenvalue weighted by atomic mass is 16.6. The number of nitrogens with zero attached hydrogens (tertiary/aromatic N) is 1. The smallest absolute Gasteiger partial charge is 0.419 e. The van der Waals surface area contributed by atoms with E-state index in [0.717, 1.165) is 0 Å². The number of rotatable bonds is 4. The Balaban J connectivity index is 1.66. The summed E-state index contributed by atoms with van der Waals surface area (Å²) in [4.78, 5) is 34.6. The molecular formula is C14H13NO6. The van der Waals surface area contributed by atoms with Gasteiger partial charge in [0.15, 0.2) is 5.58 Å². The van der Waals surface area contributed by atoms with Crippen LogP contribution in [-0.2, 0) is 25.6 Å². The Morgan fingerprint density at radius 2 is 2.14 bits per heavy atom. The van der Waals surface area contributed by atoms with Crippen molar-refractivity contribution in [1.82, 2.24) is 4.57 Å². The lowest BCUT2D eigenvalue weighted by Crippen LogP contribution is -2.24. The fourth-order valence-corrected chi connectivity index (χ4v) is 2.23. The number of esters is 2. The second-order valence-corrected chi connectivity index (χ2v) is 4.67. The van der Waals surface area contributed by atoms with Crippen LogP contribution in [0, 0.1) is 0 Å². The second-order valence-electron chi connectivity index (χ2n) is 4.67. The van der Waals surface area contributed by atoms with E-state index in [1.165, 1.54) is 4.57 Å². The van der Waals surface area contributed by atoms with Crippen LogP contribution >= 0.6 is 0 Å². The molecule has 2 heterocycles. The lowest BCUT2D eigenvalue weighted by molar-refractivity contribution is -0.160. The second kappa shape index (κ2) is 5.43. The number of oxazole rings is 1. The van der Waals surface area contributed by atoms with Gasteiger partial charge in [-0.15, -0.1) is 0 Å².